The highest BCUT2D eigenvalue weighted by atomic mass is 32.2. The standard InChI is InChI=1S/C85H56B3N5O4S3/c1-50-32-36-56(37-33-50)92(57-38-34-51(2)35-39-57)58-40-68-79-73(42-58)96-82-61-28-16-18-30-77(61)99-84(82)87(79)63-46-64-69(48-67(63)89-68)93(98-3)70-41-59(90(52-20-8-4-9-21-52)53-22-10-5-11-23-53)43-74-80(70)86(64)65-47-66-72(49-71(65)94-74)95-75-44-60(91(54-24-12-6-13-25-54)55-26-14-7-15-27-55)45-76-81(75)88(66)85-83(97-76)62-29-17-19-31-78(62)100-85/h4-49,89H,1-3H3. The van der Waals surface area contributed by atoms with Crippen molar-refractivity contribution in [2.75, 3.05) is 30.6 Å². The smallest absolute Gasteiger partial charge is 0.273 e. The Morgan fingerprint density at radius 2 is 0.740 bits per heavy atom. The van der Waals surface area contributed by atoms with Crippen molar-refractivity contribution in [2.24, 2.45) is 0 Å². The maximum absolute atomic E-state index is 7.66. The van der Waals surface area contributed by atoms with E-state index in [0.29, 0.717) is 0 Å². The largest absolute Gasteiger partial charge is 0.458 e. The van der Waals surface area contributed by atoms with Crippen molar-refractivity contribution in [3.05, 3.63) is 290 Å². The molecule has 0 amide bonds. The Balaban J connectivity index is 0.796. The van der Waals surface area contributed by atoms with E-state index in [0.717, 1.165) is 163 Å². The fourth-order valence-electron chi connectivity index (χ4n) is 16.2. The van der Waals surface area contributed by atoms with E-state index in [1.54, 1.807) is 23.3 Å². The quantitative estimate of drug-likeness (QED) is 0.106. The zero-order valence-electron chi connectivity index (χ0n) is 54.4. The first-order valence-corrected chi connectivity index (χ1v) is 36.6. The van der Waals surface area contributed by atoms with Crippen LogP contribution in [0.1, 0.15) is 11.1 Å². The average Bonchev–Trinajstić information content (AvgIpc) is 0.931. The Hall–Kier alpha value is -11.5. The number of nitrogens with one attached hydrogen (secondary N) is 1. The third-order valence-electron chi connectivity index (χ3n) is 20.6. The summed E-state index contributed by atoms with van der Waals surface area (Å²) in [5.74, 6) is 6.42. The summed E-state index contributed by atoms with van der Waals surface area (Å²) in [6, 6.07) is 101. The number of rotatable bonds is 10. The summed E-state index contributed by atoms with van der Waals surface area (Å²) in [6.07, 6.45) is 2.20. The van der Waals surface area contributed by atoms with Crippen LogP contribution in [0.2, 0.25) is 0 Å². The molecule has 0 spiro atoms. The molecular weight excluding hydrogens is 1280 g/mol. The molecule has 0 fully saturated rings. The summed E-state index contributed by atoms with van der Waals surface area (Å²) in [4.78, 5) is 6.97. The first-order valence-electron chi connectivity index (χ1n) is 33.8. The van der Waals surface area contributed by atoms with E-state index in [-0.39, 0.29) is 20.1 Å². The molecule has 21 rings (SSSR count). The van der Waals surface area contributed by atoms with E-state index in [4.69, 9.17) is 18.9 Å². The molecule has 0 atom stereocenters. The molecule has 13 aromatic carbocycles. The van der Waals surface area contributed by atoms with Gasteiger partial charge in [-0.25, -0.2) is 0 Å². The molecular formula is C85H56B3N5O4S3. The van der Waals surface area contributed by atoms with Gasteiger partial charge in [0.05, 0.1) is 22.7 Å². The summed E-state index contributed by atoms with van der Waals surface area (Å²) in [5, 5.41) is 6.36. The van der Waals surface area contributed by atoms with Gasteiger partial charge in [0, 0.05) is 123 Å². The fourth-order valence-corrected chi connectivity index (χ4v) is 19.5. The van der Waals surface area contributed by atoms with Crippen LogP contribution in [0.25, 0.3) is 20.2 Å². The minimum absolute atomic E-state index is 0.172. The Morgan fingerprint density at radius 1 is 0.330 bits per heavy atom. The molecule has 472 valence electrons. The van der Waals surface area contributed by atoms with Gasteiger partial charge in [-0.2, -0.15) is 0 Å². The fraction of sp³-hybridized carbons (Fsp3) is 0.0353. The van der Waals surface area contributed by atoms with E-state index in [9.17, 15) is 0 Å². The number of nitrogens with zero attached hydrogens (tertiary/aromatic N) is 4. The summed E-state index contributed by atoms with van der Waals surface area (Å²) in [5.41, 5.74) is 23.5. The first kappa shape index (κ1) is 57.6. The number of anilines is 13. The van der Waals surface area contributed by atoms with Crippen molar-refractivity contribution >= 4 is 197 Å². The molecule has 0 saturated carbocycles. The lowest BCUT2D eigenvalue weighted by Gasteiger charge is -2.42. The van der Waals surface area contributed by atoms with Crippen molar-refractivity contribution in [2.45, 2.75) is 13.8 Å². The average molecular weight is 1340 g/mol. The van der Waals surface area contributed by atoms with Crippen LogP contribution in [0.4, 0.5) is 73.9 Å². The van der Waals surface area contributed by atoms with Gasteiger partial charge in [0.2, 0.25) is 0 Å². The van der Waals surface area contributed by atoms with Crippen molar-refractivity contribution in [1.29, 1.82) is 0 Å². The molecule has 2 aromatic heterocycles. The van der Waals surface area contributed by atoms with Gasteiger partial charge in [0.15, 0.2) is 0 Å². The van der Waals surface area contributed by atoms with E-state index in [1.165, 1.54) is 36.2 Å². The maximum Gasteiger partial charge on any atom is 0.273 e. The molecule has 6 aliphatic heterocycles. The highest BCUT2D eigenvalue weighted by Gasteiger charge is 2.50. The van der Waals surface area contributed by atoms with E-state index in [2.05, 4.69) is 323 Å². The van der Waals surface area contributed by atoms with Crippen LogP contribution in [0.5, 0.6) is 46.0 Å². The molecule has 0 saturated heterocycles. The normalized spacial score (nSPS) is 13.3. The summed E-state index contributed by atoms with van der Waals surface area (Å²) in [7, 11) is 0. The number of thiophene rings is 2. The van der Waals surface area contributed by atoms with Crippen molar-refractivity contribution in [3.8, 4) is 46.0 Å². The molecule has 0 bridgehead atoms. The van der Waals surface area contributed by atoms with Crippen LogP contribution >= 0.6 is 34.6 Å². The van der Waals surface area contributed by atoms with Gasteiger partial charge in [0.25, 0.3) is 20.1 Å². The molecule has 15 heteroatoms. The second-order valence-corrected chi connectivity index (χ2v) is 29.4. The summed E-state index contributed by atoms with van der Waals surface area (Å²) < 4.78 is 37.0. The van der Waals surface area contributed by atoms with Crippen molar-refractivity contribution in [3.63, 3.8) is 0 Å². The van der Waals surface area contributed by atoms with Gasteiger partial charge in [-0.1, -0.05) is 145 Å². The Kier molecular flexibility index (Phi) is 12.8. The second-order valence-electron chi connectivity index (χ2n) is 26.5. The molecule has 9 nitrogen and oxygen atoms in total. The number of hydrogen-bond acceptors (Lipinski definition) is 12. The highest BCUT2D eigenvalue weighted by Crippen LogP contribution is 2.51. The van der Waals surface area contributed by atoms with Crippen LogP contribution in [-0.2, 0) is 0 Å². The van der Waals surface area contributed by atoms with E-state index < -0.39 is 0 Å². The molecule has 0 aliphatic carbocycles. The molecule has 100 heavy (non-hydrogen) atoms. The summed E-state index contributed by atoms with van der Waals surface area (Å²) in [6.45, 7) is 3.59. The van der Waals surface area contributed by atoms with Crippen LogP contribution < -0.4 is 91.1 Å². The maximum atomic E-state index is 7.66. The van der Waals surface area contributed by atoms with Crippen LogP contribution in [0.15, 0.2) is 279 Å². The van der Waals surface area contributed by atoms with Crippen LogP contribution in [0, 0.1) is 13.8 Å². The topological polar surface area (TPSA) is 61.9 Å². The predicted octanol–water partition coefficient (Wildman–Crippen LogP) is 17.9. The lowest BCUT2D eigenvalue weighted by Crippen LogP contribution is -2.64. The Morgan fingerprint density at radius 3 is 1.25 bits per heavy atom. The van der Waals surface area contributed by atoms with Gasteiger partial charge in [-0.15, -0.1) is 22.7 Å². The van der Waals surface area contributed by atoms with Gasteiger partial charge in [0.1, 0.15) is 46.0 Å². The first-order chi connectivity index (χ1) is 49.3. The number of fused-ring (bicyclic) bond motifs is 16. The third kappa shape index (κ3) is 8.78. The van der Waals surface area contributed by atoms with Crippen LogP contribution in [-0.4, -0.2) is 26.4 Å². The Labute approximate surface area is 592 Å². The minimum Gasteiger partial charge on any atom is -0.458 e. The molecule has 0 unspecified atom stereocenters. The number of ether oxygens (including phenoxy) is 4. The van der Waals surface area contributed by atoms with Gasteiger partial charge >= 0.3 is 0 Å². The second kappa shape index (κ2) is 22.3. The van der Waals surface area contributed by atoms with Gasteiger partial charge in [-0.3, -0.25) is 4.31 Å². The molecule has 0 radical (unpaired) electrons. The summed E-state index contributed by atoms with van der Waals surface area (Å²) >= 11 is 5.36. The molecule has 15 aromatic rings. The van der Waals surface area contributed by atoms with E-state index in [1.807, 2.05) is 11.3 Å². The number of aryl methyl sites for hydroxylation is 2. The highest BCUT2D eigenvalue weighted by molar-refractivity contribution is 8.00. The zero-order valence-corrected chi connectivity index (χ0v) is 56.9. The SMILES string of the molecule is CSN1c2cc3c(cc2B2c4cc5c(cc4Oc4cc(N(c6ccccc6)c6ccccc6)cc1c42)Oc1cc(N(c2ccccc2)c2ccccc2)cc2c1B5c1sc4ccccc4c1O2)B1c2sc4ccccc4c2Oc2cc(N(c4ccc(C)cc4)c4ccc(C)cc4)cc(c21)N3. The monoisotopic (exact) mass is 1340 g/mol. The lowest BCUT2D eigenvalue weighted by molar-refractivity contribution is 0.458. The van der Waals surface area contributed by atoms with E-state index >= 15 is 0 Å². The minimum atomic E-state index is -0.295. The predicted molar refractivity (Wildman–Crippen MR) is 423 cm³/mol. The van der Waals surface area contributed by atoms with Crippen molar-refractivity contribution in [1.82, 2.24) is 0 Å². The molecule has 6 aliphatic rings. The zero-order chi connectivity index (χ0) is 66.0. The van der Waals surface area contributed by atoms with Crippen molar-refractivity contribution < 1.29 is 18.9 Å². The number of benzene rings is 13. The number of para-hydroxylation sites is 4. The lowest BCUT2D eigenvalue weighted by atomic mass is 9.31. The van der Waals surface area contributed by atoms with Gasteiger partial charge < -0.3 is 39.0 Å². The Bertz CT molecular complexity index is 5780. The van der Waals surface area contributed by atoms with Gasteiger partial charge in [-0.05, 0) is 174 Å². The third-order valence-corrected chi connectivity index (χ3v) is 23.8. The number of hydrogen-bond donors (Lipinski definition) is 1. The van der Waals surface area contributed by atoms with Crippen LogP contribution in [0.3, 0.4) is 0 Å². The molecule has 1 N–H and O–H groups in total. The molecule has 8 heterocycles.